The van der Waals surface area contributed by atoms with Gasteiger partial charge in [0.1, 0.15) is 0 Å². The minimum absolute atomic E-state index is 0.00808. The van der Waals surface area contributed by atoms with E-state index in [1.165, 1.54) is 17.1 Å². The minimum atomic E-state index is -0.476. The molecule has 1 aliphatic heterocycles. The summed E-state index contributed by atoms with van der Waals surface area (Å²) in [6.45, 7) is 2.48. The van der Waals surface area contributed by atoms with Gasteiger partial charge in [-0.05, 0) is 24.5 Å². The second kappa shape index (κ2) is 6.78. The third-order valence-corrected chi connectivity index (χ3v) is 4.87. The molecule has 1 aromatic carbocycles. The quantitative estimate of drug-likeness (QED) is 0.675. The highest BCUT2D eigenvalue weighted by molar-refractivity contribution is 7.13. The first-order valence-electron chi connectivity index (χ1n) is 7.44. The second-order valence-corrected chi connectivity index (χ2v) is 6.47. The van der Waals surface area contributed by atoms with Gasteiger partial charge < -0.3 is 10.2 Å². The van der Waals surface area contributed by atoms with Crippen LogP contribution in [0.25, 0.3) is 0 Å². The Kier molecular flexibility index (Phi) is 4.57. The van der Waals surface area contributed by atoms with Crippen LogP contribution in [0.1, 0.15) is 16.8 Å². The molecule has 6 nitrogen and oxygen atoms in total. The van der Waals surface area contributed by atoms with Crippen molar-refractivity contribution in [2.45, 2.75) is 6.42 Å². The van der Waals surface area contributed by atoms with Crippen molar-refractivity contribution in [2.24, 2.45) is 5.92 Å². The van der Waals surface area contributed by atoms with E-state index in [0.29, 0.717) is 18.0 Å². The molecule has 0 radical (unpaired) electrons. The molecule has 0 unspecified atom stereocenters. The van der Waals surface area contributed by atoms with Crippen LogP contribution in [0, 0.1) is 16.0 Å². The van der Waals surface area contributed by atoms with Crippen molar-refractivity contribution in [1.82, 2.24) is 5.32 Å². The topological polar surface area (TPSA) is 75.5 Å². The summed E-state index contributed by atoms with van der Waals surface area (Å²) in [7, 11) is 0. The Labute approximate surface area is 137 Å². The lowest BCUT2D eigenvalue weighted by Gasteiger charge is -2.18. The Morgan fingerprint density at radius 1 is 1.39 bits per heavy atom. The van der Waals surface area contributed by atoms with Gasteiger partial charge in [0.15, 0.2) is 0 Å². The van der Waals surface area contributed by atoms with Gasteiger partial charge in [0, 0.05) is 36.8 Å². The van der Waals surface area contributed by atoms with Crippen molar-refractivity contribution < 1.29 is 9.72 Å². The number of thiophene rings is 1. The third kappa shape index (κ3) is 3.68. The zero-order valence-corrected chi connectivity index (χ0v) is 13.3. The molecule has 1 saturated heterocycles. The van der Waals surface area contributed by atoms with Crippen LogP contribution in [0.15, 0.2) is 41.8 Å². The number of benzene rings is 1. The molecule has 0 spiro atoms. The van der Waals surface area contributed by atoms with Crippen molar-refractivity contribution in [3.8, 4) is 0 Å². The van der Waals surface area contributed by atoms with Crippen molar-refractivity contribution in [3.63, 3.8) is 0 Å². The van der Waals surface area contributed by atoms with Crippen LogP contribution in [0.2, 0.25) is 0 Å². The summed E-state index contributed by atoms with van der Waals surface area (Å²) in [5.41, 5.74) is 1.56. The van der Waals surface area contributed by atoms with Gasteiger partial charge in [-0.1, -0.05) is 29.5 Å². The molecule has 1 fully saturated rings. The lowest BCUT2D eigenvalue weighted by atomic mass is 10.1. The predicted octanol–water partition coefficient (Wildman–Crippen LogP) is 2.91. The number of nitro groups is 1. The summed E-state index contributed by atoms with van der Waals surface area (Å²) in [6, 6.07) is 11.5. The zero-order valence-electron chi connectivity index (χ0n) is 12.5. The van der Waals surface area contributed by atoms with Gasteiger partial charge >= 0.3 is 5.00 Å². The molecule has 1 N–H and O–H groups in total. The molecular weight excluding hydrogens is 314 g/mol. The molecular formula is C16H17N3O3S. The van der Waals surface area contributed by atoms with Crippen LogP contribution >= 0.6 is 11.3 Å². The van der Waals surface area contributed by atoms with Gasteiger partial charge in [0.05, 0.1) is 10.5 Å². The van der Waals surface area contributed by atoms with Crippen LogP contribution in [0.4, 0.5) is 10.7 Å². The van der Waals surface area contributed by atoms with Crippen LogP contribution in [-0.4, -0.2) is 30.5 Å². The number of nitrogens with zero attached hydrogens (tertiary/aromatic N) is 2. The Morgan fingerprint density at radius 2 is 2.17 bits per heavy atom. The molecule has 7 heteroatoms. The average molecular weight is 331 g/mol. The summed E-state index contributed by atoms with van der Waals surface area (Å²) in [5, 5.41) is 15.1. The molecule has 0 saturated carbocycles. The zero-order chi connectivity index (χ0) is 16.2. The Morgan fingerprint density at radius 3 is 2.87 bits per heavy atom. The van der Waals surface area contributed by atoms with Crippen LogP contribution in [0.5, 0.6) is 0 Å². The van der Waals surface area contributed by atoms with Crippen LogP contribution in [-0.2, 0) is 0 Å². The fourth-order valence-corrected chi connectivity index (χ4v) is 3.46. The minimum Gasteiger partial charge on any atom is -0.371 e. The number of anilines is 1. The fraction of sp³-hybridized carbons (Fsp3) is 0.312. The third-order valence-electron chi connectivity index (χ3n) is 3.99. The van der Waals surface area contributed by atoms with E-state index in [9.17, 15) is 14.9 Å². The van der Waals surface area contributed by atoms with Gasteiger partial charge in [-0.25, -0.2) is 0 Å². The molecule has 2 aromatic rings. The van der Waals surface area contributed by atoms with Crippen molar-refractivity contribution in [2.75, 3.05) is 24.5 Å². The Bertz CT molecular complexity index is 702. The summed E-state index contributed by atoms with van der Waals surface area (Å²) >= 11 is 0.974. The monoisotopic (exact) mass is 331 g/mol. The first kappa shape index (κ1) is 15.5. The lowest BCUT2D eigenvalue weighted by Crippen LogP contribution is -2.30. The maximum absolute atomic E-state index is 12.0. The standard InChI is InChI=1S/C16H17N3O3S/c20-16(13-8-15(19(21)22)23-11-13)17-9-12-6-7-18(10-12)14-4-2-1-3-5-14/h1-5,8,11-12H,6-7,9-10H2,(H,17,20)/t12-/m0/s1. The summed E-state index contributed by atoms with van der Waals surface area (Å²) in [4.78, 5) is 24.5. The number of hydrogen-bond donors (Lipinski definition) is 1. The number of carbonyl (C=O) groups excluding carboxylic acids is 1. The smallest absolute Gasteiger partial charge is 0.324 e. The number of carbonyl (C=O) groups is 1. The lowest BCUT2D eigenvalue weighted by molar-refractivity contribution is -0.380. The van der Waals surface area contributed by atoms with Crippen LogP contribution in [0.3, 0.4) is 0 Å². The molecule has 2 heterocycles. The Hall–Kier alpha value is -2.41. The first-order valence-corrected chi connectivity index (χ1v) is 8.32. The highest BCUT2D eigenvalue weighted by Crippen LogP contribution is 2.24. The van der Waals surface area contributed by atoms with E-state index < -0.39 is 4.92 Å². The Balaban J connectivity index is 1.51. The van der Waals surface area contributed by atoms with Crippen LogP contribution < -0.4 is 10.2 Å². The van der Waals surface area contributed by atoms with Gasteiger partial charge in [-0.3, -0.25) is 14.9 Å². The maximum Gasteiger partial charge on any atom is 0.324 e. The molecule has 1 aliphatic rings. The maximum atomic E-state index is 12.0. The average Bonchev–Trinajstić information content (AvgIpc) is 3.23. The molecule has 1 amide bonds. The van der Waals surface area contributed by atoms with Gasteiger partial charge in [-0.15, -0.1) is 0 Å². The van der Waals surface area contributed by atoms with Gasteiger partial charge in [-0.2, -0.15) is 0 Å². The normalized spacial score (nSPS) is 17.2. The summed E-state index contributed by atoms with van der Waals surface area (Å²) < 4.78 is 0. The predicted molar refractivity (Wildman–Crippen MR) is 90.1 cm³/mol. The molecule has 0 aliphatic carbocycles. The van der Waals surface area contributed by atoms with E-state index in [1.807, 2.05) is 18.2 Å². The van der Waals surface area contributed by atoms with Crippen molar-refractivity contribution in [1.29, 1.82) is 0 Å². The van der Waals surface area contributed by atoms with E-state index >= 15 is 0 Å². The van der Waals surface area contributed by atoms with E-state index in [4.69, 9.17) is 0 Å². The van der Waals surface area contributed by atoms with Crippen molar-refractivity contribution >= 4 is 27.9 Å². The van der Waals surface area contributed by atoms with Gasteiger partial charge in [0.2, 0.25) is 0 Å². The van der Waals surface area contributed by atoms with Gasteiger partial charge in [0.25, 0.3) is 5.91 Å². The fourth-order valence-electron chi connectivity index (χ4n) is 2.75. The van der Waals surface area contributed by atoms with E-state index in [0.717, 1.165) is 30.8 Å². The van der Waals surface area contributed by atoms with E-state index in [1.54, 1.807) is 0 Å². The highest BCUT2D eigenvalue weighted by atomic mass is 32.1. The van der Waals surface area contributed by atoms with E-state index in [-0.39, 0.29) is 10.9 Å². The number of nitrogens with one attached hydrogen (secondary N) is 1. The SMILES string of the molecule is O=C(NC[C@@H]1CCN(c2ccccc2)C1)c1csc([N+](=O)[O-])c1. The second-order valence-electron chi connectivity index (χ2n) is 5.58. The molecule has 3 rings (SSSR count). The number of rotatable bonds is 5. The number of amides is 1. The van der Waals surface area contributed by atoms with E-state index in [2.05, 4.69) is 22.3 Å². The molecule has 23 heavy (non-hydrogen) atoms. The molecule has 1 atom stereocenters. The largest absolute Gasteiger partial charge is 0.371 e. The van der Waals surface area contributed by atoms with Crippen molar-refractivity contribution in [3.05, 3.63) is 57.5 Å². The number of hydrogen-bond acceptors (Lipinski definition) is 5. The number of para-hydroxylation sites is 1. The molecule has 120 valence electrons. The molecule has 1 aromatic heterocycles. The highest BCUT2D eigenvalue weighted by Gasteiger charge is 2.23. The molecule has 0 bridgehead atoms. The first-order chi connectivity index (χ1) is 11.1. The summed E-state index contributed by atoms with van der Waals surface area (Å²) in [5.74, 6) is 0.153. The summed E-state index contributed by atoms with van der Waals surface area (Å²) in [6.07, 6.45) is 1.03.